The van der Waals surface area contributed by atoms with Crippen LogP contribution in [0.5, 0.6) is 0 Å². The first-order chi connectivity index (χ1) is 9.95. The first kappa shape index (κ1) is 15.9. The molecule has 21 heavy (non-hydrogen) atoms. The molecule has 0 heterocycles. The minimum absolute atomic E-state index is 0.0825. The molecule has 1 aromatic rings. The van der Waals surface area contributed by atoms with Crippen molar-refractivity contribution in [3.05, 3.63) is 52.1 Å². The minimum atomic E-state index is -3.86. The SMILES string of the molecule is COC(=O)C1C(I)=CC=CC1=NS(=O)(=O)c1ccccc1. The number of esters is 1. The summed E-state index contributed by atoms with van der Waals surface area (Å²) in [5, 5.41) is 0. The van der Waals surface area contributed by atoms with Gasteiger partial charge in [0.2, 0.25) is 0 Å². The molecule has 1 atom stereocenters. The zero-order valence-electron chi connectivity index (χ0n) is 11.1. The summed E-state index contributed by atoms with van der Waals surface area (Å²) < 4.78 is 33.7. The molecule has 0 bridgehead atoms. The molecule has 0 amide bonds. The number of hydrogen-bond donors (Lipinski definition) is 0. The molecule has 1 unspecified atom stereocenters. The highest BCUT2D eigenvalue weighted by Gasteiger charge is 2.30. The molecule has 0 radical (unpaired) electrons. The van der Waals surface area contributed by atoms with Crippen LogP contribution in [0.2, 0.25) is 0 Å². The van der Waals surface area contributed by atoms with Gasteiger partial charge in [0, 0.05) is 3.58 Å². The Morgan fingerprint density at radius 2 is 1.95 bits per heavy atom. The van der Waals surface area contributed by atoms with Crippen LogP contribution in [0.1, 0.15) is 0 Å². The molecule has 0 N–H and O–H groups in total. The Kier molecular flexibility index (Phi) is 4.94. The largest absolute Gasteiger partial charge is 0.468 e. The van der Waals surface area contributed by atoms with Gasteiger partial charge in [-0.3, -0.25) is 4.79 Å². The summed E-state index contributed by atoms with van der Waals surface area (Å²) >= 11 is 1.97. The maximum absolute atomic E-state index is 12.3. The lowest BCUT2D eigenvalue weighted by Crippen LogP contribution is -2.26. The minimum Gasteiger partial charge on any atom is -0.468 e. The second kappa shape index (κ2) is 6.52. The zero-order chi connectivity index (χ0) is 15.5. The zero-order valence-corrected chi connectivity index (χ0v) is 14.0. The number of carbonyl (C=O) groups excluding carboxylic acids is 1. The van der Waals surface area contributed by atoms with Crippen LogP contribution in [0.25, 0.3) is 0 Å². The number of nitrogens with zero attached hydrogens (tertiary/aromatic N) is 1. The predicted octanol–water partition coefficient (Wildman–Crippen LogP) is 2.49. The molecule has 1 aromatic carbocycles. The highest BCUT2D eigenvalue weighted by Crippen LogP contribution is 2.27. The summed E-state index contributed by atoms with van der Waals surface area (Å²) in [6, 6.07) is 7.87. The van der Waals surface area contributed by atoms with E-state index in [4.69, 9.17) is 4.74 Å². The molecular formula is C14H12INO4S. The van der Waals surface area contributed by atoms with Gasteiger partial charge < -0.3 is 4.74 Å². The van der Waals surface area contributed by atoms with Crippen LogP contribution in [0.15, 0.2) is 61.4 Å². The normalized spacial score (nSPS) is 20.2. The molecule has 110 valence electrons. The van der Waals surface area contributed by atoms with Crippen molar-refractivity contribution < 1.29 is 17.9 Å². The summed E-state index contributed by atoms with van der Waals surface area (Å²) in [5.74, 6) is -1.35. The van der Waals surface area contributed by atoms with Gasteiger partial charge in [-0.25, -0.2) is 0 Å². The highest BCUT2D eigenvalue weighted by atomic mass is 127. The summed E-state index contributed by atoms with van der Waals surface area (Å²) in [5.41, 5.74) is 0.151. The standard InChI is InChI=1S/C14H12INO4S/c1-20-14(17)13-11(15)8-5-9-12(13)16-21(18,19)10-6-3-2-4-7-10/h2-9,13H,1H3. The quantitative estimate of drug-likeness (QED) is 0.560. The summed E-state index contributed by atoms with van der Waals surface area (Å²) in [6.07, 6.45) is 4.88. The van der Waals surface area contributed by atoms with E-state index in [0.29, 0.717) is 3.58 Å². The van der Waals surface area contributed by atoms with Crippen molar-refractivity contribution in [2.45, 2.75) is 4.90 Å². The van der Waals surface area contributed by atoms with E-state index in [1.807, 2.05) is 22.6 Å². The smallest absolute Gasteiger partial charge is 0.319 e. The number of sulfonamides is 1. The van der Waals surface area contributed by atoms with Gasteiger partial charge in [0.15, 0.2) is 0 Å². The molecule has 1 aliphatic carbocycles. The van der Waals surface area contributed by atoms with Gasteiger partial charge in [0.1, 0.15) is 5.92 Å². The van der Waals surface area contributed by atoms with Crippen LogP contribution in [0, 0.1) is 5.92 Å². The lowest BCUT2D eigenvalue weighted by Gasteiger charge is -2.17. The third-order valence-corrected chi connectivity index (χ3v) is 5.10. The van der Waals surface area contributed by atoms with E-state index >= 15 is 0 Å². The summed E-state index contributed by atoms with van der Waals surface area (Å²) in [4.78, 5) is 11.9. The molecule has 0 aromatic heterocycles. The van der Waals surface area contributed by atoms with E-state index in [9.17, 15) is 13.2 Å². The van der Waals surface area contributed by atoms with E-state index < -0.39 is 21.9 Å². The van der Waals surface area contributed by atoms with Crippen molar-refractivity contribution in [3.63, 3.8) is 0 Å². The van der Waals surface area contributed by atoms with Crippen LogP contribution >= 0.6 is 22.6 Å². The van der Waals surface area contributed by atoms with Gasteiger partial charge >= 0.3 is 5.97 Å². The number of halogens is 1. The Morgan fingerprint density at radius 3 is 2.57 bits per heavy atom. The van der Waals surface area contributed by atoms with Crippen LogP contribution < -0.4 is 0 Å². The second-order valence-corrected chi connectivity index (χ2v) is 7.02. The van der Waals surface area contributed by atoms with E-state index in [2.05, 4.69) is 4.40 Å². The first-order valence-corrected chi connectivity index (χ1v) is 8.49. The monoisotopic (exact) mass is 417 g/mol. The molecule has 0 spiro atoms. The van der Waals surface area contributed by atoms with Crippen molar-refractivity contribution in [1.82, 2.24) is 0 Å². The fourth-order valence-electron chi connectivity index (χ4n) is 1.79. The van der Waals surface area contributed by atoms with E-state index in [-0.39, 0.29) is 10.6 Å². The maximum atomic E-state index is 12.3. The highest BCUT2D eigenvalue weighted by molar-refractivity contribution is 14.1. The van der Waals surface area contributed by atoms with Crippen LogP contribution in [0.3, 0.4) is 0 Å². The number of carbonyl (C=O) groups is 1. The molecular weight excluding hydrogens is 405 g/mol. The van der Waals surface area contributed by atoms with Crippen molar-refractivity contribution in [2.24, 2.45) is 10.3 Å². The van der Waals surface area contributed by atoms with Gasteiger partial charge in [-0.1, -0.05) is 30.4 Å². The van der Waals surface area contributed by atoms with Crippen LogP contribution in [-0.4, -0.2) is 27.2 Å². The Hall–Kier alpha value is -1.48. The van der Waals surface area contributed by atoms with Gasteiger partial charge in [-0.05, 0) is 40.8 Å². The average molecular weight is 417 g/mol. The molecule has 2 rings (SSSR count). The lowest BCUT2D eigenvalue weighted by atomic mass is 9.99. The Morgan fingerprint density at radius 1 is 1.29 bits per heavy atom. The Balaban J connectivity index is 2.46. The molecule has 7 heteroatoms. The fraction of sp³-hybridized carbons (Fsp3) is 0.143. The van der Waals surface area contributed by atoms with Gasteiger partial charge in [-0.15, -0.1) is 0 Å². The Labute approximate surface area is 136 Å². The van der Waals surface area contributed by atoms with E-state index in [1.165, 1.54) is 25.3 Å². The number of methoxy groups -OCH3 is 1. The molecule has 5 nitrogen and oxygen atoms in total. The van der Waals surface area contributed by atoms with Gasteiger partial charge in [-0.2, -0.15) is 12.8 Å². The van der Waals surface area contributed by atoms with Crippen LogP contribution in [0.4, 0.5) is 0 Å². The Bertz CT molecular complexity index is 735. The summed E-state index contributed by atoms with van der Waals surface area (Å²) in [6.45, 7) is 0. The van der Waals surface area contributed by atoms with Crippen molar-refractivity contribution in [1.29, 1.82) is 0 Å². The third kappa shape index (κ3) is 3.59. The van der Waals surface area contributed by atoms with Gasteiger partial charge in [0.25, 0.3) is 10.0 Å². The third-order valence-electron chi connectivity index (χ3n) is 2.80. The van der Waals surface area contributed by atoms with E-state index in [0.717, 1.165) is 0 Å². The maximum Gasteiger partial charge on any atom is 0.319 e. The summed E-state index contributed by atoms with van der Waals surface area (Å²) in [7, 11) is -2.60. The average Bonchev–Trinajstić information content (AvgIpc) is 2.47. The topological polar surface area (TPSA) is 72.8 Å². The first-order valence-electron chi connectivity index (χ1n) is 5.97. The number of ether oxygens (including phenoxy) is 1. The van der Waals surface area contributed by atoms with E-state index in [1.54, 1.807) is 30.4 Å². The van der Waals surface area contributed by atoms with Crippen molar-refractivity contribution in [3.8, 4) is 0 Å². The number of allylic oxidation sites excluding steroid dienone is 3. The predicted molar refractivity (Wildman–Crippen MR) is 87.8 cm³/mol. The molecule has 1 aliphatic rings. The van der Waals surface area contributed by atoms with Gasteiger partial charge in [0.05, 0.1) is 17.7 Å². The lowest BCUT2D eigenvalue weighted by molar-refractivity contribution is -0.141. The number of rotatable bonds is 3. The van der Waals surface area contributed by atoms with Crippen molar-refractivity contribution >= 4 is 44.3 Å². The molecule has 0 saturated carbocycles. The van der Waals surface area contributed by atoms with Crippen molar-refractivity contribution in [2.75, 3.05) is 7.11 Å². The second-order valence-electron chi connectivity index (χ2n) is 4.17. The number of benzene rings is 1. The molecule has 0 aliphatic heterocycles. The van der Waals surface area contributed by atoms with Crippen LogP contribution in [-0.2, 0) is 19.6 Å². The number of hydrogen-bond acceptors (Lipinski definition) is 4. The molecule has 0 saturated heterocycles. The fourth-order valence-corrected chi connectivity index (χ4v) is 3.62. The molecule has 0 fully saturated rings.